The van der Waals surface area contributed by atoms with Gasteiger partial charge in [-0.1, -0.05) is 11.2 Å². The molecule has 1 aromatic heterocycles. The van der Waals surface area contributed by atoms with Crippen molar-refractivity contribution in [3.05, 3.63) is 34.3 Å². The second kappa shape index (κ2) is 4.66. The SMILES string of the molecule is [N-]=[N+]=NCc1ccc(N2CCCC2)nc1. The van der Waals surface area contributed by atoms with Crippen LogP contribution < -0.4 is 4.90 Å². The first-order valence-electron chi connectivity index (χ1n) is 5.11. The largest absolute Gasteiger partial charge is 0.357 e. The first-order chi connectivity index (χ1) is 7.40. The van der Waals surface area contributed by atoms with Crippen molar-refractivity contribution in [3.63, 3.8) is 0 Å². The van der Waals surface area contributed by atoms with Gasteiger partial charge in [-0.25, -0.2) is 4.98 Å². The fourth-order valence-corrected chi connectivity index (χ4v) is 1.76. The maximum atomic E-state index is 8.18. The van der Waals surface area contributed by atoms with Crippen molar-refractivity contribution in [1.29, 1.82) is 0 Å². The molecule has 0 unspecified atom stereocenters. The Hall–Kier alpha value is -1.74. The maximum Gasteiger partial charge on any atom is 0.128 e. The Balaban J connectivity index is 2.05. The van der Waals surface area contributed by atoms with E-state index in [-0.39, 0.29) is 0 Å². The highest BCUT2D eigenvalue weighted by Crippen LogP contribution is 2.17. The van der Waals surface area contributed by atoms with Crippen LogP contribution in [0, 0.1) is 0 Å². The Morgan fingerprint density at radius 2 is 2.20 bits per heavy atom. The normalized spacial score (nSPS) is 15.1. The van der Waals surface area contributed by atoms with Crippen LogP contribution in [0.3, 0.4) is 0 Å². The lowest BCUT2D eigenvalue weighted by atomic mass is 10.3. The van der Waals surface area contributed by atoms with E-state index in [2.05, 4.69) is 19.9 Å². The molecule has 0 atom stereocenters. The number of hydrogen-bond donors (Lipinski definition) is 0. The number of hydrogen-bond acceptors (Lipinski definition) is 3. The van der Waals surface area contributed by atoms with E-state index in [0.717, 1.165) is 24.5 Å². The zero-order valence-electron chi connectivity index (χ0n) is 8.50. The van der Waals surface area contributed by atoms with E-state index in [9.17, 15) is 0 Å². The lowest BCUT2D eigenvalue weighted by molar-refractivity contribution is 0.928. The summed E-state index contributed by atoms with van der Waals surface area (Å²) in [6, 6.07) is 3.96. The Labute approximate surface area is 88.4 Å². The zero-order chi connectivity index (χ0) is 10.5. The molecule has 0 aromatic carbocycles. The van der Waals surface area contributed by atoms with E-state index < -0.39 is 0 Å². The number of anilines is 1. The fraction of sp³-hybridized carbons (Fsp3) is 0.500. The molecular formula is C10H13N5. The van der Waals surface area contributed by atoms with Gasteiger partial charge < -0.3 is 4.90 Å². The number of azide groups is 1. The van der Waals surface area contributed by atoms with Crippen molar-refractivity contribution >= 4 is 5.82 Å². The van der Waals surface area contributed by atoms with Crippen LogP contribution in [-0.2, 0) is 6.54 Å². The topological polar surface area (TPSA) is 64.9 Å². The summed E-state index contributed by atoms with van der Waals surface area (Å²) >= 11 is 0. The lowest BCUT2D eigenvalue weighted by Crippen LogP contribution is -2.18. The van der Waals surface area contributed by atoms with E-state index in [0.29, 0.717) is 6.54 Å². The van der Waals surface area contributed by atoms with Gasteiger partial charge in [0.05, 0.1) is 6.54 Å². The molecular weight excluding hydrogens is 190 g/mol. The number of nitrogens with zero attached hydrogens (tertiary/aromatic N) is 5. The monoisotopic (exact) mass is 203 g/mol. The van der Waals surface area contributed by atoms with Crippen LogP contribution in [0.25, 0.3) is 10.4 Å². The second-order valence-electron chi connectivity index (χ2n) is 3.61. The highest BCUT2D eigenvalue weighted by Gasteiger charge is 2.12. The van der Waals surface area contributed by atoms with Crippen molar-refractivity contribution in [2.75, 3.05) is 18.0 Å². The van der Waals surface area contributed by atoms with E-state index in [1.165, 1.54) is 12.8 Å². The summed E-state index contributed by atoms with van der Waals surface area (Å²) < 4.78 is 0. The van der Waals surface area contributed by atoms with Crippen molar-refractivity contribution < 1.29 is 0 Å². The lowest BCUT2D eigenvalue weighted by Gasteiger charge is -2.15. The molecule has 0 radical (unpaired) electrons. The van der Waals surface area contributed by atoms with E-state index in [1.807, 2.05) is 12.1 Å². The minimum Gasteiger partial charge on any atom is -0.357 e. The molecule has 1 fully saturated rings. The second-order valence-corrected chi connectivity index (χ2v) is 3.61. The molecule has 1 saturated heterocycles. The number of rotatable bonds is 3. The molecule has 78 valence electrons. The van der Waals surface area contributed by atoms with Gasteiger partial charge in [0, 0.05) is 24.2 Å². The first-order valence-corrected chi connectivity index (χ1v) is 5.11. The van der Waals surface area contributed by atoms with Gasteiger partial charge in [0.15, 0.2) is 0 Å². The van der Waals surface area contributed by atoms with Crippen LogP contribution in [0.4, 0.5) is 5.82 Å². The quantitative estimate of drug-likeness (QED) is 0.430. The van der Waals surface area contributed by atoms with Gasteiger partial charge in [0.1, 0.15) is 5.82 Å². The predicted octanol–water partition coefficient (Wildman–Crippen LogP) is 2.49. The van der Waals surface area contributed by atoms with E-state index in [1.54, 1.807) is 6.20 Å². The molecule has 1 aliphatic rings. The third-order valence-corrected chi connectivity index (χ3v) is 2.56. The standard InChI is InChI=1S/C10H13N5/c11-14-13-8-9-3-4-10(12-7-9)15-5-1-2-6-15/h3-4,7H,1-2,5-6,8H2. The van der Waals surface area contributed by atoms with Crippen LogP contribution in [0.15, 0.2) is 23.4 Å². The average molecular weight is 203 g/mol. The van der Waals surface area contributed by atoms with Gasteiger partial charge in [-0.2, -0.15) is 0 Å². The third-order valence-electron chi connectivity index (χ3n) is 2.56. The Morgan fingerprint density at radius 3 is 2.80 bits per heavy atom. The summed E-state index contributed by atoms with van der Waals surface area (Å²) in [5, 5.41) is 3.50. The highest BCUT2D eigenvalue weighted by molar-refractivity contribution is 5.40. The molecule has 0 spiro atoms. The predicted molar refractivity (Wildman–Crippen MR) is 58.5 cm³/mol. The molecule has 0 N–H and O–H groups in total. The summed E-state index contributed by atoms with van der Waals surface area (Å²) in [5.41, 5.74) is 9.14. The van der Waals surface area contributed by atoms with Crippen molar-refractivity contribution in [3.8, 4) is 0 Å². The van der Waals surface area contributed by atoms with Gasteiger partial charge in [0.25, 0.3) is 0 Å². The van der Waals surface area contributed by atoms with E-state index in [4.69, 9.17) is 5.53 Å². The van der Waals surface area contributed by atoms with E-state index >= 15 is 0 Å². The van der Waals surface area contributed by atoms with Crippen LogP contribution in [-0.4, -0.2) is 18.1 Å². The van der Waals surface area contributed by atoms with Gasteiger partial charge in [-0.3, -0.25) is 0 Å². The molecule has 5 nitrogen and oxygen atoms in total. The van der Waals surface area contributed by atoms with Gasteiger partial charge in [-0.05, 0) is 30.0 Å². The summed E-state index contributed by atoms with van der Waals surface area (Å²) in [4.78, 5) is 9.35. The molecule has 0 amide bonds. The Kier molecular flexibility index (Phi) is 3.05. The summed E-state index contributed by atoms with van der Waals surface area (Å²) in [5.74, 6) is 1.03. The van der Waals surface area contributed by atoms with Crippen molar-refractivity contribution in [1.82, 2.24) is 4.98 Å². The van der Waals surface area contributed by atoms with Crippen LogP contribution in [0.1, 0.15) is 18.4 Å². The smallest absolute Gasteiger partial charge is 0.128 e. The first kappa shape index (κ1) is 9.80. The highest BCUT2D eigenvalue weighted by atomic mass is 15.2. The van der Waals surface area contributed by atoms with Crippen molar-refractivity contribution in [2.24, 2.45) is 5.11 Å². The number of pyridine rings is 1. The molecule has 2 rings (SSSR count). The minimum atomic E-state index is 0.379. The molecule has 1 aliphatic heterocycles. The van der Waals surface area contributed by atoms with Gasteiger partial charge >= 0.3 is 0 Å². The summed E-state index contributed by atoms with van der Waals surface area (Å²) in [7, 11) is 0. The van der Waals surface area contributed by atoms with Crippen LogP contribution in [0.5, 0.6) is 0 Å². The number of aromatic nitrogens is 1. The minimum absolute atomic E-state index is 0.379. The van der Waals surface area contributed by atoms with Gasteiger partial charge in [-0.15, -0.1) is 0 Å². The molecule has 5 heteroatoms. The zero-order valence-corrected chi connectivity index (χ0v) is 8.50. The van der Waals surface area contributed by atoms with Crippen molar-refractivity contribution in [2.45, 2.75) is 19.4 Å². The average Bonchev–Trinajstić information content (AvgIpc) is 2.80. The maximum absolute atomic E-state index is 8.18. The fourth-order valence-electron chi connectivity index (χ4n) is 1.76. The molecule has 0 aliphatic carbocycles. The molecule has 0 bridgehead atoms. The summed E-state index contributed by atoms with van der Waals surface area (Å²) in [6.45, 7) is 2.58. The Bertz CT molecular complexity index is 360. The Morgan fingerprint density at radius 1 is 1.40 bits per heavy atom. The molecule has 2 heterocycles. The van der Waals surface area contributed by atoms with Crippen LogP contribution >= 0.6 is 0 Å². The molecule has 1 aromatic rings. The molecule has 15 heavy (non-hydrogen) atoms. The third kappa shape index (κ3) is 2.39. The molecule has 0 saturated carbocycles. The summed E-state index contributed by atoms with van der Waals surface area (Å²) in [6.07, 6.45) is 4.28. The van der Waals surface area contributed by atoms with Gasteiger partial charge in [0.2, 0.25) is 0 Å². The van der Waals surface area contributed by atoms with Crippen LogP contribution in [0.2, 0.25) is 0 Å².